The van der Waals surface area contributed by atoms with Crippen molar-refractivity contribution < 1.29 is 0 Å². The van der Waals surface area contributed by atoms with E-state index in [9.17, 15) is 0 Å². The fourth-order valence-corrected chi connectivity index (χ4v) is 1.62. The molecule has 0 aromatic rings. The van der Waals surface area contributed by atoms with Crippen molar-refractivity contribution in [1.29, 1.82) is 5.26 Å². The Hall–Kier alpha value is -0.380. The summed E-state index contributed by atoms with van der Waals surface area (Å²) >= 11 is 0. The monoisotopic (exact) mass is 126 g/mol. The molecule has 1 rings (SSSR count). The van der Waals surface area contributed by atoms with Crippen LogP contribution in [0.3, 0.4) is 0 Å². The highest BCUT2D eigenvalue weighted by Crippen LogP contribution is 2.42. The van der Waals surface area contributed by atoms with E-state index in [1.165, 1.54) is 0 Å². The van der Waals surface area contributed by atoms with E-state index in [0.29, 0.717) is 0 Å². The predicted molar refractivity (Wildman–Crippen MR) is 34.3 cm³/mol. The van der Waals surface area contributed by atoms with E-state index in [1.54, 1.807) is 0 Å². The van der Waals surface area contributed by atoms with Gasteiger partial charge in [0, 0.05) is 6.54 Å². The molecule has 0 spiro atoms. The summed E-state index contributed by atoms with van der Waals surface area (Å²) in [4.78, 5) is 0. The maximum atomic E-state index is 8.42. The normalized spacial score (nSPS) is 28.2. The van der Waals surface area contributed by atoms with Crippen LogP contribution in [-0.2, 0) is 0 Å². The number of hydrogen-bond acceptors (Lipinski definition) is 2. The van der Waals surface area contributed by atoms with Gasteiger partial charge in [-0.2, -0.15) is 5.26 Å². The molecule has 0 aromatic carbocycles. The quantitative estimate of drug-likeness (QED) is 0.458. The van der Waals surface area contributed by atoms with Gasteiger partial charge in [0.1, 0.15) is 5.81 Å². The summed E-state index contributed by atoms with van der Waals surface area (Å²) in [5.74, 6) is 4.20. The van der Waals surface area contributed by atoms with Crippen molar-refractivity contribution in [3.8, 4) is 5.81 Å². The van der Waals surface area contributed by atoms with Gasteiger partial charge in [-0.1, -0.05) is 6.08 Å². The van der Waals surface area contributed by atoms with E-state index in [-0.39, 0.29) is 0 Å². The van der Waals surface area contributed by atoms with Crippen LogP contribution in [0.1, 0.15) is 0 Å². The van der Waals surface area contributed by atoms with Crippen LogP contribution in [0.2, 0.25) is 0 Å². The molecule has 1 atom stereocenters. The second-order valence-electron chi connectivity index (χ2n) is 1.67. The minimum Gasteiger partial charge on any atom is -0.267 e. The summed E-state index contributed by atoms with van der Waals surface area (Å²) < 4.78 is 2.05. The van der Waals surface area contributed by atoms with Crippen LogP contribution in [0, 0.1) is 11.1 Å². The van der Waals surface area contributed by atoms with Gasteiger partial charge in [0.25, 0.3) is 0 Å². The Morgan fingerprint density at radius 3 is 2.88 bits per heavy atom. The molecule has 8 heavy (non-hydrogen) atoms. The molecule has 1 unspecified atom stereocenters. The van der Waals surface area contributed by atoms with Gasteiger partial charge in [-0.05, 0) is 12.9 Å². The van der Waals surface area contributed by atoms with Gasteiger partial charge in [-0.3, -0.25) is 4.67 Å². The number of rotatable bonds is 0. The molecule has 1 aliphatic rings. The van der Waals surface area contributed by atoms with Crippen LogP contribution in [0.15, 0.2) is 11.9 Å². The van der Waals surface area contributed by atoms with Crippen LogP contribution < -0.4 is 0 Å². The van der Waals surface area contributed by atoms with E-state index in [2.05, 4.69) is 10.5 Å². The van der Waals surface area contributed by atoms with Crippen molar-refractivity contribution in [3.63, 3.8) is 0 Å². The van der Waals surface area contributed by atoms with Gasteiger partial charge >= 0.3 is 0 Å². The van der Waals surface area contributed by atoms with Crippen LogP contribution in [-0.4, -0.2) is 18.3 Å². The molecular weight excluding hydrogens is 119 g/mol. The first kappa shape index (κ1) is 5.75. The lowest BCUT2D eigenvalue weighted by Gasteiger charge is -2.08. The van der Waals surface area contributed by atoms with Crippen molar-refractivity contribution in [2.75, 3.05) is 13.6 Å². The molecule has 0 radical (unpaired) electrons. The Kier molecular flexibility index (Phi) is 1.62. The molecular formula is C5H7N2P. The lowest BCUT2D eigenvalue weighted by atomic mass is 10.6. The lowest BCUT2D eigenvalue weighted by molar-refractivity contribution is 0.635. The molecule has 0 aliphatic carbocycles. The Bertz CT molecular complexity index is 147. The van der Waals surface area contributed by atoms with Crippen molar-refractivity contribution >= 4 is 8.07 Å². The molecule has 1 heterocycles. The highest BCUT2D eigenvalue weighted by Gasteiger charge is 2.12. The topological polar surface area (TPSA) is 27.0 Å². The maximum Gasteiger partial charge on any atom is 0.108 e. The van der Waals surface area contributed by atoms with E-state index in [1.807, 2.05) is 18.9 Å². The molecule has 2 nitrogen and oxygen atoms in total. The molecule has 0 bridgehead atoms. The minimum absolute atomic E-state index is 0.546. The third kappa shape index (κ3) is 0.888. The zero-order chi connectivity index (χ0) is 5.98. The van der Waals surface area contributed by atoms with E-state index in [0.717, 1.165) is 6.54 Å². The highest BCUT2D eigenvalue weighted by molar-refractivity contribution is 7.63. The summed E-state index contributed by atoms with van der Waals surface area (Å²) in [5, 5.41) is 8.42. The molecule has 0 fully saturated rings. The van der Waals surface area contributed by atoms with Crippen molar-refractivity contribution in [2.24, 2.45) is 0 Å². The second kappa shape index (κ2) is 2.26. The standard InChI is InChI=1S/C5H7N2P/c1-7-3-2-4-8(7)5-6/h2,4H,3H2,1H3. The van der Waals surface area contributed by atoms with Gasteiger partial charge < -0.3 is 0 Å². The zero-order valence-electron chi connectivity index (χ0n) is 4.70. The first-order valence-electron chi connectivity index (χ1n) is 2.41. The highest BCUT2D eigenvalue weighted by atomic mass is 31.1. The van der Waals surface area contributed by atoms with Gasteiger partial charge in [-0.15, -0.1) is 0 Å². The Morgan fingerprint density at radius 1 is 1.88 bits per heavy atom. The first-order chi connectivity index (χ1) is 3.84. The molecule has 0 saturated carbocycles. The van der Waals surface area contributed by atoms with Gasteiger partial charge in [0.15, 0.2) is 0 Å². The van der Waals surface area contributed by atoms with Crippen LogP contribution in [0.4, 0.5) is 0 Å². The fraction of sp³-hybridized carbons (Fsp3) is 0.400. The van der Waals surface area contributed by atoms with Gasteiger partial charge in [0.2, 0.25) is 0 Å². The number of hydrogen-bond donors (Lipinski definition) is 0. The largest absolute Gasteiger partial charge is 0.267 e. The molecule has 0 amide bonds. The maximum absolute atomic E-state index is 8.42. The molecule has 0 saturated heterocycles. The SMILES string of the molecule is CN1CC=CP1C#N. The van der Waals surface area contributed by atoms with Crippen molar-refractivity contribution in [3.05, 3.63) is 11.9 Å². The Morgan fingerprint density at radius 2 is 2.62 bits per heavy atom. The second-order valence-corrected chi connectivity index (χ2v) is 3.54. The van der Waals surface area contributed by atoms with E-state index < -0.39 is 8.07 Å². The average molecular weight is 126 g/mol. The third-order valence-electron chi connectivity index (χ3n) is 1.09. The van der Waals surface area contributed by atoms with E-state index >= 15 is 0 Å². The van der Waals surface area contributed by atoms with E-state index in [4.69, 9.17) is 5.26 Å². The molecule has 0 N–H and O–H groups in total. The van der Waals surface area contributed by atoms with Crippen LogP contribution >= 0.6 is 8.07 Å². The lowest BCUT2D eigenvalue weighted by Crippen LogP contribution is -2.04. The molecule has 0 aromatic heterocycles. The minimum atomic E-state index is -0.546. The van der Waals surface area contributed by atoms with Crippen molar-refractivity contribution in [2.45, 2.75) is 0 Å². The number of likely N-dealkylation sites (N-methyl/N-ethyl adjacent to an activating group) is 1. The fourth-order valence-electron chi connectivity index (χ4n) is 0.611. The number of nitrogens with zero attached hydrogens (tertiary/aromatic N) is 2. The zero-order valence-corrected chi connectivity index (χ0v) is 5.60. The average Bonchev–Trinajstić information content (AvgIpc) is 2.14. The smallest absolute Gasteiger partial charge is 0.108 e. The summed E-state index contributed by atoms with van der Waals surface area (Å²) in [6.45, 7) is 0.944. The number of nitriles is 1. The Labute approximate surface area is 50.2 Å². The summed E-state index contributed by atoms with van der Waals surface area (Å²) in [6.07, 6.45) is 2.04. The first-order valence-corrected chi connectivity index (χ1v) is 3.77. The Balaban J connectivity index is 2.57. The van der Waals surface area contributed by atoms with Gasteiger partial charge in [0.05, 0.1) is 8.07 Å². The van der Waals surface area contributed by atoms with Crippen LogP contribution in [0.5, 0.6) is 0 Å². The summed E-state index contributed by atoms with van der Waals surface area (Å²) in [5.41, 5.74) is 0. The summed E-state index contributed by atoms with van der Waals surface area (Å²) in [6, 6.07) is 0. The molecule has 42 valence electrons. The van der Waals surface area contributed by atoms with Crippen molar-refractivity contribution in [1.82, 2.24) is 4.67 Å². The third-order valence-corrected chi connectivity index (χ3v) is 2.68. The molecule has 3 heteroatoms. The predicted octanol–water partition coefficient (Wildman–Crippen LogP) is 1.32. The molecule has 1 aliphatic heterocycles. The van der Waals surface area contributed by atoms with Crippen LogP contribution in [0.25, 0.3) is 0 Å². The summed E-state index contributed by atoms with van der Waals surface area (Å²) in [7, 11) is 1.42. The van der Waals surface area contributed by atoms with Gasteiger partial charge in [-0.25, -0.2) is 0 Å².